The molecule has 88 valence electrons. The summed E-state index contributed by atoms with van der Waals surface area (Å²) >= 11 is 0. The lowest BCUT2D eigenvalue weighted by Crippen LogP contribution is -2.52. The third-order valence-electron chi connectivity index (χ3n) is 3.30. The van der Waals surface area contributed by atoms with E-state index in [1.807, 2.05) is 12.4 Å². The number of nitrogens with zero attached hydrogens (tertiary/aromatic N) is 2. The van der Waals surface area contributed by atoms with E-state index in [4.69, 9.17) is 0 Å². The average Bonchev–Trinajstić information content (AvgIpc) is 2.31. The molecule has 16 heavy (non-hydrogen) atoms. The molecule has 1 aliphatic heterocycles. The van der Waals surface area contributed by atoms with E-state index in [2.05, 4.69) is 41.2 Å². The summed E-state index contributed by atoms with van der Waals surface area (Å²) in [7, 11) is 0. The maximum atomic E-state index is 4.06. The number of hydrogen-bond donors (Lipinski definition) is 1. The molecule has 0 aromatic carbocycles. The van der Waals surface area contributed by atoms with Crippen LogP contribution in [0.2, 0.25) is 0 Å². The van der Waals surface area contributed by atoms with Crippen molar-refractivity contribution in [2.45, 2.75) is 26.4 Å². The molecule has 1 aromatic rings. The lowest BCUT2D eigenvalue weighted by Gasteiger charge is -2.38. The molecule has 1 N–H and O–H groups in total. The van der Waals surface area contributed by atoms with Gasteiger partial charge in [0.2, 0.25) is 0 Å². The smallest absolute Gasteiger partial charge is 0.0271 e. The number of rotatable bonds is 3. The highest BCUT2D eigenvalue weighted by Gasteiger charge is 2.24. The van der Waals surface area contributed by atoms with Gasteiger partial charge in [0, 0.05) is 44.6 Å². The summed E-state index contributed by atoms with van der Waals surface area (Å²) in [6, 6.07) is 4.88. The SMILES string of the molecule is CC(C)C1CNCCN1Cc1ccncc1. The summed E-state index contributed by atoms with van der Waals surface area (Å²) < 4.78 is 0. The molecule has 0 spiro atoms. The van der Waals surface area contributed by atoms with Crippen LogP contribution in [0.4, 0.5) is 0 Å². The Balaban J connectivity index is 2.01. The molecule has 2 rings (SSSR count). The van der Waals surface area contributed by atoms with Gasteiger partial charge < -0.3 is 5.32 Å². The molecule has 0 amide bonds. The van der Waals surface area contributed by atoms with Gasteiger partial charge >= 0.3 is 0 Å². The molecule has 0 radical (unpaired) electrons. The van der Waals surface area contributed by atoms with Crippen LogP contribution in [0.3, 0.4) is 0 Å². The number of nitrogens with one attached hydrogen (secondary N) is 1. The lowest BCUT2D eigenvalue weighted by molar-refractivity contribution is 0.117. The monoisotopic (exact) mass is 219 g/mol. The van der Waals surface area contributed by atoms with Crippen molar-refractivity contribution in [3.63, 3.8) is 0 Å². The van der Waals surface area contributed by atoms with Crippen molar-refractivity contribution in [3.8, 4) is 0 Å². The Labute approximate surface area is 97.9 Å². The van der Waals surface area contributed by atoms with Crippen LogP contribution < -0.4 is 5.32 Å². The van der Waals surface area contributed by atoms with Crippen molar-refractivity contribution in [1.29, 1.82) is 0 Å². The summed E-state index contributed by atoms with van der Waals surface area (Å²) in [5.74, 6) is 0.703. The van der Waals surface area contributed by atoms with Crippen LogP contribution in [0, 0.1) is 5.92 Å². The molecule has 3 heteroatoms. The van der Waals surface area contributed by atoms with E-state index in [-0.39, 0.29) is 0 Å². The minimum absolute atomic E-state index is 0.655. The molecular weight excluding hydrogens is 198 g/mol. The summed E-state index contributed by atoms with van der Waals surface area (Å²) in [6.07, 6.45) is 3.75. The van der Waals surface area contributed by atoms with E-state index in [1.165, 1.54) is 5.56 Å². The van der Waals surface area contributed by atoms with Gasteiger partial charge in [-0.15, -0.1) is 0 Å². The standard InChI is InChI=1S/C13H21N3/c1-11(2)13-9-15-7-8-16(13)10-12-3-5-14-6-4-12/h3-6,11,13,15H,7-10H2,1-2H3. The summed E-state index contributed by atoms with van der Waals surface area (Å²) in [5.41, 5.74) is 1.36. The Morgan fingerprint density at radius 1 is 1.44 bits per heavy atom. The summed E-state index contributed by atoms with van der Waals surface area (Å²) in [5, 5.41) is 3.48. The van der Waals surface area contributed by atoms with Gasteiger partial charge in [-0.05, 0) is 23.6 Å². The van der Waals surface area contributed by atoms with Gasteiger partial charge in [0.1, 0.15) is 0 Å². The third kappa shape index (κ3) is 2.80. The van der Waals surface area contributed by atoms with Crippen LogP contribution in [-0.4, -0.2) is 35.6 Å². The predicted octanol–water partition coefficient (Wildman–Crippen LogP) is 1.51. The van der Waals surface area contributed by atoms with Gasteiger partial charge in [0.05, 0.1) is 0 Å². The quantitative estimate of drug-likeness (QED) is 0.835. The Bertz CT molecular complexity index is 310. The molecule has 1 fully saturated rings. The second kappa shape index (κ2) is 5.41. The number of piperazine rings is 1. The average molecular weight is 219 g/mol. The van der Waals surface area contributed by atoms with Crippen LogP contribution in [0.5, 0.6) is 0 Å². The van der Waals surface area contributed by atoms with Gasteiger partial charge in [0.15, 0.2) is 0 Å². The Kier molecular flexibility index (Phi) is 3.91. The zero-order valence-corrected chi connectivity index (χ0v) is 10.2. The van der Waals surface area contributed by atoms with Crippen LogP contribution in [-0.2, 0) is 6.54 Å². The van der Waals surface area contributed by atoms with Crippen LogP contribution >= 0.6 is 0 Å². The first kappa shape index (κ1) is 11.6. The Morgan fingerprint density at radius 3 is 2.88 bits per heavy atom. The zero-order valence-electron chi connectivity index (χ0n) is 10.2. The molecule has 1 aliphatic rings. The summed E-state index contributed by atoms with van der Waals surface area (Å²) in [4.78, 5) is 6.64. The molecule has 1 saturated heterocycles. The number of aromatic nitrogens is 1. The second-order valence-electron chi connectivity index (χ2n) is 4.84. The van der Waals surface area contributed by atoms with Crippen LogP contribution in [0.15, 0.2) is 24.5 Å². The fourth-order valence-corrected chi connectivity index (χ4v) is 2.34. The third-order valence-corrected chi connectivity index (χ3v) is 3.30. The van der Waals surface area contributed by atoms with E-state index < -0.39 is 0 Å². The zero-order chi connectivity index (χ0) is 11.4. The largest absolute Gasteiger partial charge is 0.314 e. The first-order chi connectivity index (χ1) is 7.77. The maximum Gasteiger partial charge on any atom is 0.0271 e. The first-order valence-electron chi connectivity index (χ1n) is 6.11. The molecule has 2 heterocycles. The van der Waals surface area contributed by atoms with Crippen LogP contribution in [0.25, 0.3) is 0 Å². The van der Waals surface area contributed by atoms with Crippen LogP contribution in [0.1, 0.15) is 19.4 Å². The van der Waals surface area contributed by atoms with Crippen molar-refractivity contribution >= 4 is 0 Å². The highest BCUT2D eigenvalue weighted by atomic mass is 15.2. The molecule has 0 bridgehead atoms. The maximum absolute atomic E-state index is 4.06. The number of pyridine rings is 1. The normalized spacial score (nSPS) is 22.6. The van der Waals surface area contributed by atoms with Gasteiger partial charge in [-0.3, -0.25) is 9.88 Å². The van der Waals surface area contributed by atoms with Crippen molar-refractivity contribution in [2.75, 3.05) is 19.6 Å². The molecule has 1 aromatic heterocycles. The number of hydrogen-bond acceptors (Lipinski definition) is 3. The van der Waals surface area contributed by atoms with E-state index in [9.17, 15) is 0 Å². The Hall–Kier alpha value is -0.930. The predicted molar refractivity (Wildman–Crippen MR) is 66.1 cm³/mol. The van der Waals surface area contributed by atoms with Gasteiger partial charge in [0.25, 0.3) is 0 Å². The van der Waals surface area contributed by atoms with E-state index in [0.29, 0.717) is 12.0 Å². The minimum Gasteiger partial charge on any atom is -0.314 e. The first-order valence-corrected chi connectivity index (χ1v) is 6.11. The summed E-state index contributed by atoms with van der Waals surface area (Å²) in [6.45, 7) is 9.02. The lowest BCUT2D eigenvalue weighted by atomic mass is 10.00. The van der Waals surface area contributed by atoms with Gasteiger partial charge in [-0.1, -0.05) is 13.8 Å². The molecular formula is C13H21N3. The second-order valence-corrected chi connectivity index (χ2v) is 4.84. The molecule has 3 nitrogen and oxygen atoms in total. The van der Waals surface area contributed by atoms with E-state index in [0.717, 1.165) is 26.2 Å². The minimum atomic E-state index is 0.655. The van der Waals surface area contributed by atoms with Crippen molar-refractivity contribution < 1.29 is 0 Å². The molecule has 1 atom stereocenters. The Morgan fingerprint density at radius 2 is 2.19 bits per heavy atom. The van der Waals surface area contributed by atoms with E-state index >= 15 is 0 Å². The highest BCUT2D eigenvalue weighted by molar-refractivity contribution is 5.10. The van der Waals surface area contributed by atoms with Crippen molar-refractivity contribution in [1.82, 2.24) is 15.2 Å². The molecule has 0 saturated carbocycles. The fraction of sp³-hybridized carbons (Fsp3) is 0.615. The van der Waals surface area contributed by atoms with Crippen molar-refractivity contribution in [3.05, 3.63) is 30.1 Å². The van der Waals surface area contributed by atoms with Gasteiger partial charge in [-0.2, -0.15) is 0 Å². The fourth-order valence-electron chi connectivity index (χ4n) is 2.34. The molecule has 0 aliphatic carbocycles. The highest BCUT2D eigenvalue weighted by Crippen LogP contribution is 2.15. The van der Waals surface area contributed by atoms with Crippen molar-refractivity contribution in [2.24, 2.45) is 5.92 Å². The topological polar surface area (TPSA) is 28.2 Å². The van der Waals surface area contributed by atoms with E-state index in [1.54, 1.807) is 0 Å². The molecule has 1 unspecified atom stereocenters. The van der Waals surface area contributed by atoms with Gasteiger partial charge in [-0.25, -0.2) is 0 Å².